The van der Waals surface area contributed by atoms with E-state index in [0.29, 0.717) is 43.9 Å². The highest BCUT2D eigenvalue weighted by Crippen LogP contribution is 2.23. The van der Waals surface area contributed by atoms with Crippen LogP contribution in [0.3, 0.4) is 0 Å². The fourth-order valence-electron chi connectivity index (χ4n) is 4.11. The lowest BCUT2D eigenvalue weighted by Crippen LogP contribution is -2.49. The third-order valence-corrected chi connectivity index (χ3v) is 5.84. The molecule has 1 fully saturated rings. The highest BCUT2D eigenvalue weighted by molar-refractivity contribution is 5.94. The number of para-hydroxylation sites is 1. The summed E-state index contributed by atoms with van der Waals surface area (Å²) in [5, 5.41) is 1.22. The number of Topliss-reactive ketones (excluding diaryl/α,β-unsaturated/α-hetero) is 1. The first kappa shape index (κ1) is 20.1. The van der Waals surface area contributed by atoms with Crippen molar-refractivity contribution in [2.75, 3.05) is 31.1 Å². The third kappa shape index (κ3) is 4.22. The molecule has 2 heterocycles. The third-order valence-electron chi connectivity index (χ3n) is 5.84. The molecule has 1 saturated heterocycles. The molecule has 1 amide bonds. The standard InChI is InChI=1S/C24H26FN3O2/c1-17(29)18-9-10-23(21(25)15-18)27-11-13-28(14-12-27)24(30)8-4-5-19-16-26-22-7-3-2-6-20(19)22/h2-3,6-7,9-10,15-16,26H,4-5,8,11-14H2,1H3. The van der Waals surface area contributed by atoms with E-state index in [1.807, 2.05) is 28.1 Å². The molecule has 0 unspecified atom stereocenters. The molecule has 0 saturated carbocycles. The highest BCUT2D eigenvalue weighted by atomic mass is 19.1. The van der Waals surface area contributed by atoms with Gasteiger partial charge in [0.25, 0.3) is 0 Å². The van der Waals surface area contributed by atoms with E-state index in [2.05, 4.69) is 17.1 Å². The Bertz CT molecular complexity index is 1070. The van der Waals surface area contributed by atoms with E-state index in [9.17, 15) is 14.0 Å². The number of benzene rings is 2. The van der Waals surface area contributed by atoms with Gasteiger partial charge in [-0.3, -0.25) is 9.59 Å². The molecule has 1 aromatic heterocycles. The Morgan fingerprint density at radius 1 is 1.07 bits per heavy atom. The van der Waals surface area contributed by atoms with Gasteiger partial charge >= 0.3 is 0 Å². The zero-order valence-corrected chi connectivity index (χ0v) is 17.2. The summed E-state index contributed by atoms with van der Waals surface area (Å²) >= 11 is 0. The number of hydrogen-bond donors (Lipinski definition) is 1. The van der Waals surface area contributed by atoms with Crippen molar-refractivity contribution in [3.05, 3.63) is 65.6 Å². The minimum Gasteiger partial charge on any atom is -0.366 e. The maximum Gasteiger partial charge on any atom is 0.222 e. The first-order valence-electron chi connectivity index (χ1n) is 10.4. The van der Waals surface area contributed by atoms with E-state index in [1.54, 1.807) is 12.1 Å². The number of amides is 1. The number of aryl methyl sites for hydroxylation is 1. The lowest BCUT2D eigenvalue weighted by atomic mass is 10.1. The molecule has 0 radical (unpaired) electrons. The Hall–Kier alpha value is -3.15. The van der Waals surface area contributed by atoms with Crippen LogP contribution in [0, 0.1) is 5.82 Å². The second-order valence-corrected chi connectivity index (χ2v) is 7.80. The van der Waals surface area contributed by atoms with Crippen molar-refractivity contribution in [3.63, 3.8) is 0 Å². The average molecular weight is 407 g/mol. The van der Waals surface area contributed by atoms with Crippen LogP contribution in [0.4, 0.5) is 10.1 Å². The minimum absolute atomic E-state index is 0.150. The maximum atomic E-state index is 14.4. The van der Waals surface area contributed by atoms with E-state index < -0.39 is 0 Å². The Labute approximate surface area is 175 Å². The van der Waals surface area contributed by atoms with Crippen LogP contribution in [-0.4, -0.2) is 47.8 Å². The Morgan fingerprint density at radius 2 is 1.83 bits per heavy atom. The van der Waals surface area contributed by atoms with Gasteiger partial charge in [-0.05, 0) is 49.6 Å². The Kier molecular flexibility index (Phi) is 5.84. The van der Waals surface area contributed by atoms with Crippen LogP contribution in [0.25, 0.3) is 10.9 Å². The van der Waals surface area contributed by atoms with Crippen molar-refractivity contribution < 1.29 is 14.0 Å². The van der Waals surface area contributed by atoms with E-state index in [-0.39, 0.29) is 17.5 Å². The molecule has 3 aromatic rings. The number of ketones is 1. The first-order valence-corrected chi connectivity index (χ1v) is 10.4. The number of fused-ring (bicyclic) bond motifs is 1. The number of rotatable bonds is 6. The van der Waals surface area contributed by atoms with Gasteiger partial charge in [-0.15, -0.1) is 0 Å². The smallest absolute Gasteiger partial charge is 0.222 e. The van der Waals surface area contributed by atoms with E-state index in [0.717, 1.165) is 18.4 Å². The molecular weight excluding hydrogens is 381 g/mol. The number of carbonyl (C=O) groups excluding carboxylic acids is 2. The van der Waals surface area contributed by atoms with E-state index in [4.69, 9.17) is 0 Å². The molecule has 5 nitrogen and oxygen atoms in total. The number of anilines is 1. The van der Waals surface area contributed by atoms with Crippen LogP contribution < -0.4 is 4.90 Å². The zero-order valence-electron chi connectivity index (χ0n) is 17.2. The molecular formula is C24H26FN3O2. The molecule has 2 aromatic carbocycles. The number of H-pyrrole nitrogens is 1. The van der Waals surface area contributed by atoms with Gasteiger partial charge in [0, 0.05) is 55.3 Å². The summed E-state index contributed by atoms with van der Waals surface area (Å²) in [6, 6.07) is 12.8. The summed E-state index contributed by atoms with van der Waals surface area (Å²) in [7, 11) is 0. The predicted octanol–water partition coefficient (Wildman–Crippen LogP) is 4.18. The SMILES string of the molecule is CC(=O)c1ccc(N2CCN(C(=O)CCCc3c[nH]c4ccccc34)CC2)c(F)c1. The van der Waals surface area contributed by atoms with Gasteiger partial charge in [0.05, 0.1) is 5.69 Å². The van der Waals surface area contributed by atoms with Gasteiger partial charge in [0.1, 0.15) is 5.82 Å². The molecule has 0 bridgehead atoms. The topological polar surface area (TPSA) is 56.4 Å². The summed E-state index contributed by atoms with van der Waals surface area (Å²) in [5.74, 6) is -0.383. The molecule has 4 rings (SSSR count). The summed E-state index contributed by atoms with van der Waals surface area (Å²) < 4.78 is 14.4. The largest absolute Gasteiger partial charge is 0.366 e. The Morgan fingerprint density at radius 3 is 2.57 bits per heavy atom. The number of aromatic amines is 1. The number of piperazine rings is 1. The van der Waals surface area contributed by atoms with Gasteiger partial charge in [0.15, 0.2) is 5.78 Å². The lowest BCUT2D eigenvalue weighted by Gasteiger charge is -2.36. The fraction of sp³-hybridized carbons (Fsp3) is 0.333. The summed E-state index contributed by atoms with van der Waals surface area (Å²) in [6.07, 6.45) is 4.21. The average Bonchev–Trinajstić information content (AvgIpc) is 3.17. The van der Waals surface area contributed by atoms with Crippen molar-refractivity contribution in [3.8, 4) is 0 Å². The number of carbonyl (C=O) groups is 2. The van der Waals surface area contributed by atoms with Crippen LogP contribution in [0.15, 0.2) is 48.7 Å². The first-order chi connectivity index (χ1) is 14.5. The minimum atomic E-state index is -0.388. The Balaban J connectivity index is 1.28. The van der Waals surface area contributed by atoms with Crippen LogP contribution in [0.5, 0.6) is 0 Å². The zero-order chi connectivity index (χ0) is 21.1. The molecule has 0 aliphatic carbocycles. The fourth-order valence-corrected chi connectivity index (χ4v) is 4.11. The lowest BCUT2D eigenvalue weighted by molar-refractivity contribution is -0.131. The van der Waals surface area contributed by atoms with Crippen LogP contribution in [0.2, 0.25) is 0 Å². The second kappa shape index (κ2) is 8.69. The molecule has 1 aliphatic rings. The normalized spacial score (nSPS) is 14.3. The number of nitrogens with zero attached hydrogens (tertiary/aromatic N) is 2. The molecule has 0 spiro atoms. The molecule has 156 valence electrons. The number of halogens is 1. The maximum absolute atomic E-state index is 14.4. The number of hydrogen-bond acceptors (Lipinski definition) is 3. The number of nitrogens with one attached hydrogen (secondary N) is 1. The van der Waals surface area contributed by atoms with Crippen molar-refractivity contribution in [2.24, 2.45) is 0 Å². The van der Waals surface area contributed by atoms with Crippen molar-refractivity contribution >= 4 is 28.3 Å². The van der Waals surface area contributed by atoms with Crippen molar-refractivity contribution in [2.45, 2.75) is 26.2 Å². The molecule has 1 aliphatic heterocycles. The second-order valence-electron chi connectivity index (χ2n) is 7.80. The van der Waals surface area contributed by atoms with Gasteiger partial charge in [0.2, 0.25) is 5.91 Å². The van der Waals surface area contributed by atoms with Gasteiger partial charge in [-0.2, -0.15) is 0 Å². The monoisotopic (exact) mass is 407 g/mol. The van der Waals surface area contributed by atoms with Gasteiger partial charge in [-0.1, -0.05) is 18.2 Å². The van der Waals surface area contributed by atoms with Gasteiger partial charge in [-0.25, -0.2) is 4.39 Å². The molecule has 1 N–H and O–H groups in total. The van der Waals surface area contributed by atoms with E-state index in [1.165, 1.54) is 23.9 Å². The van der Waals surface area contributed by atoms with Crippen molar-refractivity contribution in [1.82, 2.24) is 9.88 Å². The summed E-state index contributed by atoms with van der Waals surface area (Å²) in [6.45, 7) is 3.77. The summed E-state index contributed by atoms with van der Waals surface area (Å²) in [5.41, 5.74) is 3.23. The number of aromatic nitrogens is 1. The van der Waals surface area contributed by atoms with Crippen LogP contribution in [0.1, 0.15) is 35.7 Å². The molecule has 6 heteroatoms. The van der Waals surface area contributed by atoms with Gasteiger partial charge < -0.3 is 14.8 Å². The predicted molar refractivity (Wildman–Crippen MR) is 116 cm³/mol. The van der Waals surface area contributed by atoms with E-state index >= 15 is 0 Å². The molecule has 30 heavy (non-hydrogen) atoms. The highest BCUT2D eigenvalue weighted by Gasteiger charge is 2.23. The quantitative estimate of drug-likeness (QED) is 0.624. The van der Waals surface area contributed by atoms with Crippen LogP contribution >= 0.6 is 0 Å². The van der Waals surface area contributed by atoms with Crippen molar-refractivity contribution in [1.29, 1.82) is 0 Å². The molecule has 0 atom stereocenters. The summed E-state index contributed by atoms with van der Waals surface area (Å²) in [4.78, 5) is 31.1. The van der Waals surface area contributed by atoms with Crippen LogP contribution in [-0.2, 0) is 11.2 Å².